The predicted octanol–water partition coefficient (Wildman–Crippen LogP) is 2.43. The number of esters is 1. The molecule has 6 nitrogen and oxygen atoms in total. The number of benzene rings is 1. The number of ether oxygens (including phenoxy) is 1. The maximum atomic E-state index is 12.6. The van der Waals surface area contributed by atoms with Crippen molar-refractivity contribution >= 4 is 29.5 Å². The Hall–Kier alpha value is -2.02. The molecule has 27 heavy (non-hydrogen) atoms. The van der Waals surface area contributed by atoms with Crippen molar-refractivity contribution in [3.8, 4) is 0 Å². The molecule has 0 bridgehead atoms. The van der Waals surface area contributed by atoms with Crippen LogP contribution in [0.3, 0.4) is 0 Å². The number of thioether (sulfide) groups is 1. The SMILES string of the molecule is CCCCCNC(=O)COC(=O)[C@@H]1CS[C@@]2(c3ccccc3)CCC(=O)N12. The van der Waals surface area contributed by atoms with Crippen LogP contribution in [-0.4, -0.2) is 47.6 Å². The molecule has 2 atom stereocenters. The highest BCUT2D eigenvalue weighted by atomic mass is 32.2. The summed E-state index contributed by atoms with van der Waals surface area (Å²) in [6.45, 7) is 2.38. The van der Waals surface area contributed by atoms with Crippen LogP contribution < -0.4 is 5.32 Å². The highest BCUT2D eigenvalue weighted by Gasteiger charge is 2.57. The summed E-state index contributed by atoms with van der Waals surface area (Å²) in [7, 11) is 0. The predicted molar refractivity (Wildman–Crippen MR) is 104 cm³/mol. The molecule has 7 heteroatoms. The number of rotatable bonds is 8. The molecule has 2 heterocycles. The van der Waals surface area contributed by atoms with Crippen molar-refractivity contribution < 1.29 is 19.1 Å². The minimum atomic E-state index is -0.641. The Balaban J connectivity index is 1.60. The first-order chi connectivity index (χ1) is 13.1. The Bertz CT molecular complexity index is 696. The molecule has 0 aliphatic carbocycles. The van der Waals surface area contributed by atoms with E-state index in [1.807, 2.05) is 30.3 Å². The lowest BCUT2D eigenvalue weighted by atomic mass is 10.0. The number of hydrogen-bond acceptors (Lipinski definition) is 5. The normalized spacial score (nSPS) is 24.0. The van der Waals surface area contributed by atoms with Gasteiger partial charge in [-0.2, -0.15) is 0 Å². The Morgan fingerprint density at radius 1 is 1.30 bits per heavy atom. The van der Waals surface area contributed by atoms with Crippen molar-refractivity contribution in [2.45, 2.75) is 49.9 Å². The van der Waals surface area contributed by atoms with Gasteiger partial charge in [-0.05, 0) is 18.4 Å². The van der Waals surface area contributed by atoms with Crippen LogP contribution in [0, 0.1) is 0 Å². The van der Waals surface area contributed by atoms with Crippen LogP contribution in [0.25, 0.3) is 0 Å². The maximum absolute atomic E-state index is 12.6. The second kappa shape index (κ2) is 8.78. The van der Waals surface area contributed by atoms with Gasteiger partial charge in [-0.25, -0.2) is 4.79 Å². The van der Waals surface area contributed by atoms with Gasteiger partial charge < -0.3 is 15.0 Å². The van der Waals surface area contributed by atoms with E-state index < -0.39 is 16.9 Å². The van der Waals surface area contributed by atoms with Gasteiger partial charge >= 0.3 is 5.97 Å². The fourth-order valence-corrected chi connectivity index (χ4v) is 5.34. The van der Waals surface area contributed by atoms with Gasteiger partial charge in [-0.1, -0.05) is 50.1 Å². The van der Waals surface area contributed by atoms with Gasteiger partial charge in [-0.3, -0.25) is 9.59 Å². The van der Waals surface area contributed by atoms with Crippen LogP contribution in [0.15, 0.2) is 30.3 Å². The van der Waals surface area contributed by atoms with Crippen molar-refractivity contribution in [3.63, 3.8) is 0 Å². The lowest BCUT2D eigenvalue weighted by molar-refractivity contribution is -0.156. The summed E-state index contributed by atoms with van der Waals surface area (Å²) in [5, 5.41) is 2.75. The van der Waals surface area contributed by atoms with E-state index in [1.165, 1.54) is 0 Å². The zero-order chi connectivity index (χ0) is 19.3. The first-order valence-corrected chi connectivity index (χ1v) is 10.5. The fraction of sp³-hybridized carbons (Fsp3) is 0.550. The van der Waals surface area contributed by atoms with E-state index in [4.69, 9.17) is 4.74 Å². The number of carbonyl (C=O) groups is 3. The third-order valence-electron chi connectivity index (χ3n) is 5.07. The highest BCUT2D eigenvalue weighted by molar-refractivity contribution is 8.00. The second-order valence-corrected chi connectivity index (χ2v) is 8.20. The zero-order valence-electron chi connectivity index (χ0n) is 15.6. The van der Waals surface area contributed by atoms with Gasteiger partial charge in [0.05, 0.1) is 0 Å². The van der Waals surface area contributed by atoms with Gasteiger partial charge in [-0.15, -0.1) is 11.8 Å². The summed E-state index contributed by atoms with van der Waals surface area (Å²) in [6.07, 6.45) is 4.15. The van der Waals surface area contributed by atoms with E-state index in [-0.39, 0.29) is 18.4 Å². The Morgan fingerprint density at radius 2 is 2.07 bits per heavy atom. The van der Waals surface area contributed by atoms with Gasteiger partial charge in [0.25, 0.3) is 5.91 Å². The largest absolute Gasteiger partial charge is 0.454 e. The minimum Gasteiger partial charge on any atom is -0.454 e. The molecule has 1 aromatic rings. The summed E-state index contributed by atoms with van der Waals surface area (Å²) in [4.78, 5) is 38.1. The molecule has 0 spiro atoms. The lowest BCUT2D eigenvalue weighted by Gasteiger charge is -2.33. The van der Waals surface area contributed by atoms with Crippen LogP contribution in [0.5, 0.6) is 0 Å². The number of carbonyl (C=O) groups excluding carboxylic acids is 3. The number of hydrogen-bond donors (Lipinski definition) is 1. The Labute approximate surface area is 164 Å². The lowest BCUT2D eigenvalue weighted by Crippen LogP contribution is -2.47. The van der Waals surface area contributed by atoms with Crippen molar-refractivity contribution in [2.24, 2.45) is 0 Å². The van der Waals surface area contributed by atoms with Crippen LogP contribution in [0.4, 0.5) is 0 Å². The summed E-state index contributed by atoms with van der Waals surface area (Å²) in [5.74, 6) is -0.348. The van der Waals surface area contributed by atoms with Crippen LogP contribution in [0.1, 0.15) is 44.6 Å². The smallest absolute Gasteiger partial charge is 0.330 e. The molecule has 0 unspecified atom stereocenters. The number of unbranched alkanes of at least 4 members (excludes halogenated alkanes) is 2. The molecular formula is C20H26N2O4S. The van der Waals surface area contributed by atoms with Gasteiger partial charge in [0.2, 0.25) is 5.91 Å². The number of amides is 2. The average Bonchev–Trinajstić information content (AvgIpc) is 3.23. The topological polar surface area (TPSA) is 75.7 Å². The molecule has 2 amide bonds. The zero-order valence-corrected chi connectivity index (χ0v) is 16.4. The third-order valence-corrected chi connectivity index (χ3v) is 6.67. The van der Waals surface area contributed by atoms with E-state index in [0.717, 1.165) is 24.8 Å². The van der Waals surface area contributed by atoms with E-state index in [9.17, 15) is 14.4 Å². The fourth-order valence-electron chi connectivity index (χ4n) is 3.70. The van der Waals surface area contributed by atoms with Gasteiger partial charge in [0, 0.05) is 18.7 Å². The van der Waals surface area contributed by atoms with Gasteiger partial charge in [0.15, 0.2) is 6.61 Å². The molecule has 1 N–H and O–H groups in total. The van der Waals surface area contributed by atoms with Crippen LogP contribution in [-0.2, 0) is 24.0 Å². The average molecular weight is 391 g/mol. The van der Waals surface area contributed by atoms with Crippen molar-refractivity contribution in [1.82, 2.24) is 10.2 Å². The molecule has 3 rings (SSSR count). The van der Waals surface area contributed by atoms with Crippen molar-refractivity contribution in [2.75, 3.05) is 18.9 Å². The molecule has 0 radical (unpaired) electrons. The second-order valence-electron chi connectivity index (χ2n) is 6.91. The first kappa shape index (κ1) is 19.7. The quantitative estimate of drug-likeness (QED) is 0.545. The summed E-state index contributed by atoms with van der Waals surface area (Å²) < 4.78 is 5.22. The number of nitrogens with zero attached hydrogens (tertiary/aromatic N) is 1. The molecule has 2 saturated heterocycles. The molecule has 0 aromatic heterocycles. The Morgan fingerprint density at radius 3 is 2.81 bits per heavy atom. The first-order valence-electron chi connectivity index (χ1n) is 9.53. The monoisotopic (exact) mass is 390 g/mol. The number of nitrogens with one attached hydrogen (secondary N) is 1. The minimum absolute atomic E-state index is 0.0326. The summed E-state index contributed by atoms with van der Waals surface area (Å²) >= 11 is 1.61. The van der Waals surface area contributed by atoms with Gasteiger partial charge in [0.1, 0.15) is 10.9 Å². The molecule has 0 saturated carbocycles. The molecule has 1 aromatic carbocycles. The van der Waals surface area contributed by atoms with E-state index in [2.05, 4.69) is 12.2 Å². The molecular weight excluding hydrogens is 364 g/mol. The van der Waals surface area contributed by atoms with Crippen molar-refractivity contribution in [3.05, 3.63) is 35.9 Å². The van der Waals surface area contributed by atoms with Crippen molar-refractivity contribution in [1.29, 1.82) is 0 Å². The molecule has 2 aliphatic heterocycles. The maximum Gasteiger partial charge on any atom is 0.330 e. The van der Waals surface area contributed by atoms with Crippen LogP contribution in [0.2, 0.25) is 0 Å². The third kappa shape index (κ3) is 4.13. The summed E-state index contributed by atoms with van der Waals surface area (Å²) in [5.41, 5.74) is 1.03. The highest BCUT2D eigenvalue weighted by Crippen LogP contribution is 2.54. The summed E-state index contributed by atoms with van der Waals surface area (Å²) in [6, 6.07) is 9.18. The molecule has 2 aliphatic rings. The molecule has 2 fully saturated rings. The standard InChI is InChI=1S/C20H26N2O4S/c1-2-3-7-12-21-17(23)13-26-19(25)16-14-27-20(11-10-18(24)22(16)20)15-8-5-4-6-9-15/h4-6,8-9,16H,2-3,7,10-14H2,1H3,(H,21,23)/t16-,20+/m0/s1. The Kier molecular flexibility index (Phi) is 6.42. The van der Waals surface area contributed by atoms with Crippen LogP contribution >= 0.6 is 11.8 Å². The van der Waals surface area contributed by atoms with E-state index >= 15 is 0 Å². The van der Waals surface area contributed by atoms with E-state index in [1.54, 1.807) is 16.7 Å². The van der Waals surface area contributed by atoms with E-state index in [0.29, 0.717) is 25.1 Å². The molecule has 146 valence electrons. The number of fused-ring (bicyclic) bond motifs is 1.